The van der Waals surface area contributed by atoms with Crippen molar-refractivity contribution in [2.75, 3.05) is 18.4 Å². The van der Waals surface area contributed by atoms with Crippen LogP contribution in [-0.4, -0.2) is 25.2 Å². The molecule has 5 rings (SSSR count). The van der Waals surface area contributed by atoms with Crippen LogP contribution in [0.5, 0.6) is 5.75 Å². The molecular weight excluding hydrogens is 320 g/mol. The predicted octanol–water partition coefficient (Wildman–Crippen LogP) is 4.94. The summed E-state index contributed by atoms with van der Waals surface area (Å²) in [5.74, 6) is 1.65. The van der Waals surface area contributed by atoms with Crippen molar-refractivity contribution in [3.63, 3.8) is 0 Å². The molecule has 2 aromatic rings. The highest BCUT2D eigenvalue weighted by Crippen LogP contribution is 2.47. The molecule has 2 N–H and O–H groups in total. The summed E-state index contributed by atoms with van der Waals surface area (Å²) in [6.45, 7) is 2.22. The van der Waals surface area contributed by atoms with E-state index in [2.05, 4.69) is 53.1 Å². The summed E-state index contributed by atoms with van der Waals surface area (Å²) in [7, 11) is 0. The summed E-state index contributed by atoms with van der Waals surface area (Å²) in [4.78, 5) is 0. The molecule has 0 amide bonds. The van der Waals surface area contributed by atoms with Crippen molar-refractivity contribution in [2.45, 2.75) is 56.6 Å². The van der Waals surface area contributed by atoms with E-state index in [0.29, 0.717) is 18.1 Å². The largest absolute Gasteiger partial charge is 0.490 e. The van der Waals surface area contributed by atoms with Gasteiger partial charge in [-0.15, -0.1) is 0 Å². The number of ether oxygens (including phenoxy) is 1. The molecule has 1 saturated heterocycles. The second-order valence-electron chi connectivity index (χ2n) is 7.97. The molecule has 1 saturated carbocycles. The van der Waals surface area contributed by atoms with Crippen molar-refractivity contribution < 1.29 is 4.74 Å². The Kier molecular flexibility index (Phi) is 4.33. The number of fused-ring (bicyclic) bond motifs is 3. The van der Waals surface area contributed by atoms with Gasteiger partial charge in [-0.1, -0.05) is 30.3 Å². The van der Waals surface area contributed by atoms with E-state index < -0.39 is 0 Å². The van der Waals surface area contributed by atoms with E-state index in [1.54, 1.807) is 0 Å². The molecule has 2 heterocycles. The summed E-state index contributed by atoms with van der Waals surface area (Å²) in [6, 6.07) is 15.9. The first-order valence-electron chi connectivity index (χ1n) is 10.3. The van der Waals surface area contributed by atoms with Crippen molar-refractivity contribution in [1.29, 1.82) is 0 Å². The number of hydrogen-bond acceptors (Lipinski definition) is 3. The van der Waals surface area contributed by atoms with Crippen molar-refractivity contribution >= 4 is 5.69 Å². The first kappa shape index (κ1) is 16.2. The average molecular weight is 348 g/mol. The van der Waals surface area contributed by atoms with Crippen LogP contribution in [0.25, 0.3) is 11.1 Å². The maximum Gasteiger partial charge on any atom is 0.127 e. The van der Waals surface area contributed by atoms with Gasteiger partial charge in [0.15, 0.2) is 0 Å². The van der Waals surface area contributed by atoms with Crippen LogP contribution in [0.15, 0.2) is 42.5 Å². The molecule has 2 fully saturated rings. The van der Waals surface area contributed by atoms with Crippen LogP contribution in [0.4, 0.5) is 5.69 Å². The Balaban J connectivity index is 1.55. The monoisotopic (exact) mass is 348 g/mol. The fourth-order valence-corrected chi connectivity index (χ4v) is 5.06. The van der Waals surface area contributed by atoms with Gasteiger partial charge in [-0.2, -0.15) is 0 Å². The number of para-hydroxylation sites is 1. The zero-order valence-corrected chi connectivity index (χ0v) is 15.3. The molecule has 3 aliphatic rings. The Bertz CT molecular complexity index is 782. The van der Waals surface area contributed by atoms with Crippen molar-refractivity contribution in [3.05, 3.63) is 48.0 Å². The van der Waals surface area contributed by atoms with E-state index >= 15 is 0 Å². The Morgan fingerprint density at radius 1 is 0.808 bits per heavy atom. The lowest BCUT2D eigenvalue weighted by atomic mass is 9.85. The fraction of sp³-hybridized carbons (Fsp3) is 0.478. The standard InChI is InChI=1S/C23H28N2O/c1-2-7-16(6-1)26-22-11-4-3-8-17(22)18-9-5-10-21-23(18)19-12-14-24-15-13-20(19)25-21/h3-5,8-11,16,19-20,24-25H,1-2,6-7,12-15H2. The van der Waals surface area contributed by atoms with Gasteiger partial charge in [-0.3, -0.25) is 0 Å². The number of benzene rings is 2. The normalized spacial score (nSPS) is 25.2. The number of nitrogens with one attached hydrogen (secondary N) is 2. The summed E-state index contributed by atoms with van der Waals surface area (Å²) >= 11 is 0. The first-order valence-corrected chi connectivity index (χ1v) is 10.3. The van der Waals surface area contributed by atoms with Crippen LogP contribution in [0, 0.1) is 0 Å². The van der Waals surface area contributed by atoms with Gasteiger partial charge in [-0.05, 0) is 74.9 Å². The molecule has 2 atom stereocenters. The van der Waals surface area contributed by atoms with E-state index in [0.717, 1.165) is 18.8 Å². The van der Waals surface area contributed by atoms with Gasteiger partial charge in [0, 0.05) is 23.2 Å². The highest BCUT2D eigenvalue weighted by atomic mass is 16.5. The van der Waals surface area contributed by atoms with Gasteiger partial charge in [-0.25, -0.2) is 0 Å². The molecular formula is C23H28N2O. The highest BCUT2D eigenvalue weighted by Gasteiger charge is 2.35. The summed E-state index contributed by atoms with van der Waals surface area (Å²) in [5.41, 5.74) is 5.45. The molecule has 0 radical (unpaired) electrons. The van der Waals surface area contributed by atoms with Crippen LogP contribution in [-0.2, 0) is 0 Å². The van der Waals surface area contributed by atoms with Gasteiger partial charge >= 0.3 is 0 Å². The van der Waals surface area contributed by atoms with E-state index in [1.807, 2.05) is 0 Å². The lowest BCUT2D eigenvalue weighted by molar-refractivity contribution is 0.211. The highest BCUT2D eigenvalue weighted by molar-refractivity contribution is 5.81. The number of rotatable bonds is 3. The maximum atomic E-state index is 6.45. The second-order valence-corrected chi connectivity index (χ2v) is 7.97. The third-order valence-electron chi connectivity index (χ3n) is 6.34. The minimum atomic E-state index is 0.390. The van der Waals surface area contributed by atoms with E-state index in [4.69, 9.17) is 4.74 Å². The average Bonchev–Trinajstić information content (AvgIpc) is 3.24. The predicted molar refractivity (Wildman–Crippen MR) is 107 cm³/mol. The summed E-state index contributed by atoms with van der Waals surface area (Å²) in [5, 5.41) is 7.36. The molecule has 0 bridgehead atoms. The van der Waals surface area contributed by atoms with E-state index in [1.165, 1.54) is 60.9 Å². The fourth-order valence-electron chi connectivity index (χ4n) is 5.06. The molecule has 3 nitrogen and oxygen atoms in total. The van der Waals surface area contributed by atoms with Crippen LogP contribution in [0.2, 0.25) is 0 Å². The molecule has 2 aliphatic heterocycles. The molecule has 26 heavy (non-hydrogen) atoms. The minimum absolute atomic E-state index is 0.390. The lowest BCUT2D eigenvalue weighted by Gasteiger charge is -2.21. The number of hydrogen-bond donors (Lipinski definition) is 2. The molecule has 1 aliphatic carbocycles. The smallest absolute Gasteiger partial charge is 0.127 e. The lowest BCUT2D eigenvalue weighted by Crippen LogP contribution is -2.21. The van der Waals surface area contributed by atoms with Gasteiger partial charge in [0.2, 0.25) is 0 Å². The van der Waals surface area contributed by atoms with Crippen molar-refractivity contribution in [1.82, 2.24) is 5.32 Å². The molecule has 3 heteroatoms. The molecule has 0 spiro atoms. The zero-order chi connectivity index (χ0) is 17.3. The zero-order valence-electron chi connectivity index (χ0n) is 15.3. The van der Waals surface area contributed by atoms with Crippen LogP contribution >= 0.6 is 0 Å². The van der Waals surface area contributed by atoms with Crippen molar-refractivity contribution in [2.24, 2.45) is 0 Å². The molecule has 2 unspecified atom stereocenters. The van der Waals surface area contributed by atoms with Gasteiger partial charge < -0.3 is 15.4 Å². The molecule has 0 aromatic heterocycles. The van der Waals surface area contributed by atoms with Crippen LogP contribution in [0.1, 0.15) is 50.0 Å². The second kappa shape index (κ2) is 6.96. The number of anilines is 1. The Morgan fingerprint density at radius 3 is 2.54 bits per heavy atom. The van der Waals surface area contributed by atoms with Gasteiger partial charge in [0.1, 0.15) is 5.75 Å². The van der Waals surface area contributed by atoms with Crippen LogP contribution in [0.3, 0.4) is 0 Å². The topological polar surface area (TPSA) is 33.3 Å². The quantitative estimate of drug-likeness (QED) is 0.824. The van der Waals surface area contributed by atoms with Crippen LogP contribution < -0.4 is 15.4 Å². The third-order valence-corrected chi connectivity index (χ3v) is 6.34. The minimum Gasteiger partial charge on any atom is -0.490 e. The molecule has 136 valence electrons. The summed E-state index contributed by atoms with van der Waals surface area (Å²) in [6.07, 6.45) is 7.77. The first-order chi connectivity index (χ1) is 12.9. The van der Waals surface area contributed by atoms with Gasteiger partial charge in [0.05, 0.1) is 6.10 Å². The van der Waals surface area contributed by atoms with Crippen molar-refractivity contribution in [3.8, 4) is 16.9 Å². The third kappa shape index (κ3) is 2.88. The van der Waals surface area contributed by atoms with Gasteiger partial charge in [0.25, 0.3) is 0 Å². The Morgan fingerprint density at radius 2 is 1.62 bits per heavy atom. The Hall–Kier alpha value is -2.00. The van der Waals surface area contributed by atoms with E-state index in [-0.39, 0.29) is 0 Å². The van der Waals surface area contributed by atoms with E-state index in [9.17, 15) is 0 Å². The molecule has 2 aromatic carbocycles. The SMILES string of the molecule is c1ccc(-c2cccc3c2C2CCNCCC2N3)c(OC2CCCC2)c1. The summed E-state index contributed by atoms with van der Waals surface area (Å²) < 4.78 is 6.45. The maximum absolute atomic E-state index is 6.45. The Labute approximate surface area is 156 Å².